The van der Waals surface area contributed by atoms with E-state index in [0.29, 0.717) is 25.9 Å². The van der Waals surface area contributed by atoms with Gasteiger partial charge >= 0.3 is 18.2 Å². The molecule has 1 aliphatic rings. The van der Waals surface area contributed by atoms with Gasteiger partial charge in [0, 0.05) is 25.0 Å². The summed E-state index contributed by atoms with van der Waals surface area (Å²) in [5.74, 6) is -0.418. The molecule has 44 heavy (non-hydrogen) atoms. The Morgan fingerprint density at radius 3 is 2.09 bits per heavy atom. The lowest BCUT2D eigenvalue weighted by atomic mass is 9.98. The molecule has 0 saturated carbocycles. The van der Waals surface area contributed by atoms with Crippen molar-refractivity contribution in [2.45, 2.75) is 64.2 Å². The maximum absolute atomic E-state index is 13.0. The minimum absolute atomic E-state index is 0.00982. The third kappa shape index (κ3) is 10.1. The van der Waals surface area contributed by atoms with Gasteiger partial charge in [0.1, 0.15) is 18.8 Å². The van der Waals surface area contributed by atoms with Crippen molar-refractivity contribution < 1.29 is 28.6 Å². The SMILES string of the molecule is CC(C)(C)OC(=O)NCCCC[C@@H](CNCC(=O)OCc1ccccc1)NC(=O)OCC1c2ccccc2-c2ccccc21. The quantitative estimate of drug-likeness (QED) is 0.119. The minimum Gasteiger partial charge on any atom is -0.460 e. The van der Waals surface area contributed by atoms with E-state index >= 15 is 0 Å². The number of alkyl carbamates (subject to hydrolysis) is 2. The van der Waals surface area contributed by atoms with Crippen molar-refractivity contribution in [1.29, 1.82) is 0 Å². The molecule has 3 aromatic carbocycles. The average molecular weight is 602 g/mol. The molecule has 0 saturated heterocycles. The van der Waals surface area contributed by atoms with E-state index in [1.807, 2.05) is 75.4 Å². The highest BCUT2D eigenvalue weighted by molar-refractivity contribution is 5.79. The van der Waals surface area contributed by atoms with Crippen molar-refractivity contribution in [2.75, 3.05) is 26.2 Å². The van der Waals surface area contributed by atoms with Crippen LogP contribution in [0.1, 0.15) is 62.6 Å². The lowest BCUT2D eigenvalue weighted by Crippen LogP contribution is -2.44. The van der Waals surface area contributed by atoms with Gasteiger partial charge in [0.25, 0.3) is 0 Å². The summed E-state index contributed by atoms with van der Waals surface area (Å²) in [5, 5.41) is 8.82. The summed E-state index contributed by atoms with van der Waals surface area (Å²) in [6, 6.07) is 25.6. The van der Waals surface area contributed by atoms with E-state index in [4.69, 9.17) is 14.2 Å². The predicted molar refractivity (Wildman–Crippen MR) is 169 cm³/mol. The molecule has 9 heteroatoms. The fourth-order valence-corrected chi connectivity index (χ4v) is 5.19. The number of unbranched alkanes of at least 4 members (excludes halogenated alkanes) is 1. The van der Waals surface area contributed by atoms with E-state index in [1.165, 1.54) is 11.1 Å². The average Bonchev–Trinajstić information content (AvgIpc) is 3.32. The van der Waals surface area contributed by atoms with Crippen molar-refractivity contribution in [1.82, 2.24) is 16.0 Å². The molecule has 3 aromatic rings. The molecule has 2 amide bonds. The van der Waals surface area contributed by atoms with Crippen molar-refractivity contribution in [2.24, 2.45) is 0 Å². The number of amides is 2. The summed E-state index contributed by atoms with van der Waals surface area (Å²) in [5.41, 5.74) is 4.97. The Balaban J connectivity index is 1.26. The topological polar surface area (TPSA) is 115 Å². The molecule has 1 aliphatic carbocycles. The summed E-state index contributed by atoms with van der Waals surface area (Å²) in [7, 11) is 0. The van der Waals surface area contributed by atoms with Crippen molar-refractivity contribution >= 4 is 18.2 Å². The van der Waals surface area contributed by atoms with Crippen LogP contribution < -0.4 is 16.0 Å². The van der Waals surface area contributed by atoms with Gasteiger partial charge in [-0.15, -0.1) is 0 Å². The van der Waals surface area contributed by atoms with Crippen LogP contribution in [0, 0.1) is 0 Å². The van der Waals surface area contributed by atoms with Crippen LogP contribution in [0.5, 0.6) is 0 Å². The van der Waals surface area contributed by atoms with E-state index in [-0.39, 0.29) is 37.7 Å². The maximum atomic E-state index is 13.0. The largest absolute Gasteiger partial charge is 0.460 e. The molecular formula is C35H43N3O6. The molecule has 1 atom stereocenters. The first-order valence-electron chi connectivity index (χ1n) is 15.2. The van der Waals surface area contributed by atoms with E-state index in [2.05, 4.69) is 40.2 Å². The number of fused-ring (bicyclic) bond motifs is 3. The maximum Gasteiger partial charge on any atom is 0.407 e. The van der Waals surface area contributed by atoms with Crippen molar-refractivity contribution in [3.63, 3.8) is 0 Å². The molecule has 0 spiro atoms. The first-order valence-corrected chi connectivity index (χ1v) is 15.2. The van der Waals surface area contributed by atoms with Gasteiger partial charge in [-0.2, -0.15) is 0 Å². The van der Waals surface area contributed by atoms with Gasteiger partial charge in [-0.05, 0) is 67.9 Å². The number of carbonyl (C=O) groups is 3. The fraction of sp³-hybridized carbons (Fsp3) is 0.400. The van der Waals surface area contributed by atoms with Crippen LogP contribution >= 0.6 is 0 Å². The fourth-order valence-electron chi connectivity index (χ4n) is 5.19. The van der Waals surface area contributed by atoms with Crippen LogP contribution in [0.4, 0.5) is 9.59 Å². The number of carbonyl (C=O) groups excluding carboxylic acids is 3. The Morgan fingerprint density at radius 2 is 1.43 bits per heavy atom. The highest BCUT2D eigenvalue weighted by atomic mass is 16.6. The second kappa shape index (κ2) is 15.9. The molecule has 0 heterocycles. The smallest absolute Gasteiger partial charge is 0.407 e. The van der Waals surface area contributed by atoms with Crippen LogP contribution in [-0.4, -0.2) is 56.0 Å². The molecular weight excluding hydrogens is 558 g/mol. The third-order valence-corrected chi connectivity index (χ3v) is 7.22. The second-order valence-corrected chi connectivity index (χ2v) is 11.9. The number of benzene rings is 3. The minimum atomic E-state index is -0.559. The van der Waals surface area contributed by atoms with Crippen LogP contribution in [-0.2, 0) is 25.6 Å². The molecule has 0 bridgehead atoms. The Kier molecular flexibility index (Phi) is 11.8. The summed E-state index contributed by atoms with van der Waals surface area (Å²) in [4.78, 5) is 37.2. The predicted octanol–water partition coefficient (Wildman–Crippen LogP) is 5.92. The lowest BCUT2D eigenvalue weighted by molar-refractivity contribution is -0.143. The summed E-state index contributed by atoms with van der Waals surface area (Å²) < 4.78 is 16.4. The van der Waals surface area contributed by atoms with Gasteiger partial charge in [0.15, 0.2) is 0 Å². The van der Waals surface area contributed by atoms with Gasteiger partial charge in [0.05, 0.1) is 6.54 Å². The Hall–Kier alpha value is -4.37. The summed E-state index contributed by atoms with van der Waals surface area (Å²) >= 11 is 0. The van der Waals surface area contributed by atoms with E-state index in [0.717, 1.165) is 23.1 Å². The van der Waals surface area contributed by atoms with Gasteiger partial charge in [-0.3, -0.25) is 4.79 Å². The molecule has 0 aromatic heterocycles. The second-order valence-electron chi connectivity index (χ2n) is 11.9. The molecule has 234 valence electrons. The molecule has 9 nitrogen and oxygen atoms in total. The van der Waals surface area contributed by atoms with Gasteiger partial charge in [0.2, 0.25) is 0 Å². The normalized spacial score (nSPS) is 12.9. The van der Waals surface area contributed by atoms with E-state index in [1.54, 1.807) is 0 Å². The number of rotatable bonds is 14. The van der Waals surface area contributed by atoms with E-state index in [9.17, 15) is 14.4 Å². The molecule has 0 aliphatic heterocycles. The molecule has 3 N–H and O–H groups in total. The molecule has 0 fully saturated rings. The highest BCUT2D eigenvalue weighted by Crippen LogP contribution is 2.44. The molecule has 4 rings (SSSR count). The summed E-state index contributed by atoms with van der Waals surface area (Å²) in [6.07, 6.45) is 1.07. The zero-order chi connectivity index (χ0) is 31.4. The van der Waals surface area contributed by atoms with Crippen LogP contribution in [0.25, 0.3) is 11.1 Å². The number of hydrogen-bond acceptors (Lipinski definition) is 7. The van der Waals surface area contributed by atoms with Gasteiger partial charge in [-0.1, -0.05) is 78.9 Å². The third-order valence-electron chi connectivity index (χ3n) is 7.22. The lowest BCUT2D eigenvalue weighted by Gasteiger charge is -2.21. The first-order chi connectivity index (χ1) is 21.2. The number of hydrogen-bond donors (Lipinski definition) is 3. The Labute approximate surface area is 259 Å². The number of nitrogens with one attached hydrogen (secondary N) is 3. The summed E-state index contributed by atoms with van der Waals surface area (Å²) in [6.45, 7) is 6.68. The molecule has 0 radical (unpaired) electrons. The van der Waals surface area contributed by atoms with Gasteiger partial charge < -0.3 is 30.2 Å². The van der Waals surface area contributed by atoms with Crippen LogP contribution in [0.15, 0.2) is 78.9 Å². The Bertz CT molecular complexity index is 1340. The zero-order valence-corrected chi connectivity index (χ0v) is 25.8. The zero-order valence-electron chi connectivity index (χ0n) is 25.8. The number of ether oxygens (including phenoxy) is 3. The van der Waals surface area contributed by atoms with E-state index < -0.39 is 17.8 Å². The Morgan fingerprint density at radius 1 is 0.795 bits per heavy atom. The first kappa shape index (κ1) is 32.5. The standard InChI is InChI=1S/C35H43N3O6/c1-35(2,3)44-33(40)37-20-12-11-15-26(21-36-22-32(39)42-23-25-13-5-4-6-14-25)38-34(41)43-24-31-29-18-9-7-16-27(29)28-17-8-10-19-30(28)31/h4-10,13-14,16-19,26,31,36H,11-12,15,20-24H2,1-3H3,(H,37,40)(H,38,41)/t26-/m0/s1. The van der Waals surface area contributed by atoms with Gasteiger partial charge in [-0.25, -0.2) is 9.59 Å². The van der Waals surface area contributed by atoms with Crippen LogP contribution in [0.3, 0.4) is 0 Å². The monoisotopic (exact) mass is 601 g/mol. The van der Waals surface area contributed by atoms with Crippen molar-refractivity contribution in [3.8, 4) is 11.1 Å². The molecule has 0 unspecified atom stereocenters. The van der Waals surface area contributed by atoms with Crippen molar-refractivity contribution in [3.05, 3.63) is 95.6 Å². The number of esters is 1. The highest BCUT2D eigenvalue weighted by Gasteiger charge is 2.29. The van der Waals surface area contributed by atoms with Crippen LogP contribution in [0.2, 0.25) is 0 Å².